The zero-order chi connectivity index (χ0) is 16.4. The van der Waals surface area contributed by atoms with Gasteiger partial charge in [0, 0.05) is 29.8 Å². The standard InChI is InChI=1S/C17H22BrF3N2/c18-15-4-3-13(16(11-15)23-7-1-2-8-23)12-22-9-5-14(6-10-22)17(19,20)21/h3-4,11,14H,1-2,5-10,12H2. The van der Waals surface area contributed by atoms with Crippen LogP contribution in [0.2, 0.25) is 0 Å². The highest BCUT2D eigenvalue weighted by Crippen LogP contribution is 2.35. The van der Waals surface area contributed by atoms with Crippen LogP contribution in [0, 0.1) is 5.92 Å². The van der Waals surface area contributed by atoms with E-state index >= 15 is 0 Å². The van der Waals surface area contributed by atoms with E-state index in [2.05, 4.69) is 37.9 Å². The lowest BCUT2D eigenvalue weighted by molar-refractivity contribution is -0.185. The highest BCUT2D eigenvalue weighted by atomic mass is 79.9. The SMILES string of the molecule is FC(F)(F)C1CCN(Cc2ccc(Br)cc2N2CCCC2)CC1. The van der Waals surface area contributed by atoms with Crippen LogP contribution >= 0.6 is 15.9 Å². The number of anilines is 1. The first-order chi connectivity index (χ1) is 10.9. The van der Waals surface area contributed by atoms with Gasteiger partial charge in [0.15, 0.2) is 0 Å². The fourth-order valence-electron chi connectivity index (χ4n) is 3.58. The summed E-state index contributed by atoms with van der Waals surface area (Å²) >= 11 is 3.53. The van der Waals surface area contributed by atoms with E-state index in [4.69, 9.17) is 0 Å². The Hall–Kier alpha value is -0.750. The number of benzene rings is 1. The van der Waals surface area contributed by atoms with E-state index in [0.29, 0.717) is 13.1 Å². The predicted molar refractivity (Wildman–Crippen MR) is 89.6 cm³/mol. The maximum absolute atomic E-state index is 12.8. The quantitative estimate of drug-likeness (QED) is 0.729. The number of piperidine rings is 1. The normalized spacial score (nSPS) is 21.1. The lowest BCUT2D eigenvalue weighted by Gasteiger charge is -2.34. The summed E-state index contributed by atoms with van der Waals surface area (Å²) in [6.07, 6.45) is -1.17. The third kappa shape index (κ3) is 4.21. The van der Waals surface area contributed by atoms with Crippen LogP contribution in [0.4, 0.5) is 18.9 Å². The summed E-state index contributed by atoms with van der Waals surface area (Å²) in [6.45, 7) is 3.93. The first-order valence-corrected chi connectivity index (χ1v) is 9.05. The van der Waals surface area contributed by atoms with Crippen LogP contribution in [-0.2, 0) is 6.54 Å². The Morgan fingerprint density at radius 3 is 2.30 bits per heavy atom. The Bertz CT molecular complexity index is 533. The fourth-order valence-corrected chi connectivity index (χ4v) is 3.93. The number of hydrogen-bond acceptors (Lipinski definition) is 2. The van der Waals surface area contributed by atoms with Crippen molar-refractivity contribution in [2.75, 3.05) is 31.1 Å². The minimum Gasteiger partial charge on any atom is -0.371 e. The number of alkyl halides is 3. The van der Waals surface area contributed by atoms with Crippen molar-refractivity contribution >= 4 is 21.6 Å². The summed E-state index contributed by atoms with van der Waals surface area (Å²) in [7, 11) is 0. The molecule has 0 aliphatic carbocycles. The van der Waals surface area contributed by atoms with Crippen LogP contribution < -0.4 is 4.90 Å². The van der Waals surface area contributed by atoms with Gasteiger partial charge in [-0.1, -0.05) is 22.0 Å². The number of rotatable bonds is 3. The number of hydrogen-bond donors (Lipinski definition) is 0. The highest BCUT2D eigenvalue weighted by Gasteiger charge is 2.41. The third-order valence-electron chi connectivity index (χ3n) is 4.94. The van der Waals surface area contributed by atoms with Gasteiger partial charge in [-0.15, -0.1) is 0 Å². The van der Waals surface area contributed by atoms with E-state index in [1.807, 2.05) is 6.07 Å². The summed E-state index contributed by atoms with van der Waals surface area (Å²) in [4.78, 5) is 4.55. The van der Waals surface area contributed by atoms with Gasteiger partial charge in [0.2, 0.25) is 0 Å². The van der Waals surface area contributed by atoms with E-state index in [-0.39, 0.29) is 12.8 Å². The average molecular weight is 391 g/mol. The maximum atomic E-state index is 12.8. The molecule has 2 aliphatic heterocycles. The summed E-state index contributed by atoms with van der Waals surface area (Å²) < 4.78 is 39.4. The maximum Gasteiger partial charge on any atom is 0.391 e. The second kappa shape index (κ2) is 7.01. The Morgan fingerprint density at radius 2 is 1.70 bits per heavy atom. The molecule has 2 saturated heterocycles. The number of halogens is 4. The van der Waals surface area contributed by atoms with Crippen LogP contribution in [0.1, 0.15) is 31.2 Å². The van der Waals surface area contributed by atoms with Crippen molar-refractivity contribution in [1.82, 2.24) is 4.90 Å². The van der Waals surface area contributed by atoms with Crippen molar-refractivity contribution in [2.24, 2.45) is 5.92 Å². The first-order valence-electron chi connectivity index (χ1n) is 8.26. The minimum absolute atomic E-state index is 0.221. The summed E-state index contributed by atoms with van der Waals surface area (Å²) in [5.74, 6) is -1.12. The zero-order valence-corrected chi connectivity index (χ0v) is 14.7. The molecule has 0 amide bonds. The van der Waals surface area contributed by atoms with Gasteiger partial charge in [0.1, 0.15) is 0 Å². The van der Waals surface area contributed by atoms with Gasteiger partial charge in [-0.25, -0.2) is 0 Å². The molecule has 1 aromatic rings. The summed E-state index contributed by atoms with van der Waals surface area (Å²) in [5, 5.41) is 0. The Balaban J connectivity index is 1.67. The van der Waals surface area contributed by atoms with Gasteiger partial charge >= 0.3 is 6.18 Å². The number of likely N-dealkylation sites (tertiary alicyclic amines) is 1. The van der Waals surface area contributed by atoms with E-state index in [1.165, 1.54) is 24.1 Å². The molecule has 2 fully saturated rings. The molecule has 3 rings (SSSR count). The molecule has 2 aliphatic rings. The molecule has 1 aromatic carbocycles. The lowest BCUT2D eigenvalue weighted by Crippen LogP contribution is -2.38. The highest BCUT2D eigenvalue weighted by molar-refractivity contribution is 9.10. The van der Waals surface area contributed by atoms with Crippen LogP contribution in [0.25, 0.3) is 0 Å². The van der Waals surface area contributed by atoms with Gasteiger partial charge in [-0.3, -0.25) is 4.90 Å². The van der Waals surface area contributed by atoms with Gasteiger partial charge < -0.3 is 4.90 Å². The molecular weight excluding hydrogens is 369 g/mol. The topological polar surface area (TPSA) is 6.48 Å². The van der Waals surface area contributed by atoms with Crippen LogP contribution in [0.15, 0.2) is 22.7 Å². The first kappa shape index (κ1) is 17.1. The molecular formula is C17H22BrF3N2. The molecule has 0 spiro atoms. The molecule has 0 atom stereocenters. The molecule has 0 N–H and O–H groups in total. The molecule has 6 heteroatoms. The second-order valence-corrected chi connectivity index (χ2v) is 7.47. The van der Waals surface area contributed by atoms with Crippen molar-refractivity contribution in [3.05, 3.63) is 28.2 Å². The van der Waals surface area contributed by atoms with Crippen molar-refractivity contribution in [3.8, 4) is 0 Å². The summed E-state index contributed by atoms with van der Waals surface area (Å²) in [5.41, 5.74) is 2.45. The Labute approximate surface area is 143 Å². The molecule has 2 nitrogen and oxygen atoms in total. The molecule has 23 heavy (non-hydrogen) atoms. The van der Waals surface area contributed by atoms with Crippen LogP contribution in [-0.4, -0.2) is 37.3 Å². The number of nitrogens with zero attached hydrogens (tertiary/aromatic N) is 2. The Kier molecular flexibility index (Phi) is 5.21. The molecule has 0 unspecified atom stereocenters. The third-order valence-corrected chi connectivity index (χ3v) is 5.43. The fraction of sp³-hybridized carbons (Fsp3) is 0.647. The largest absolute Gasteiger partial charge is 0.391 e. The van der Waals surface area contributed by atoms with Crippen molar-refractivity contribution in [2.45, 2.75) is 38.4 Å². The second-order valence-electron chi connectivity index (χ2n) is 6.56. The smallest absolute Gasteiger partial charge is 0.371 e. The van der Waals surface area contributed by atoms with E-state index in [1.54, 1.807) is 0 Å². The molecule has 0 radical (unpaired) electrons. The zero-order valence-electron chi connectivity index (χ0n) is 13.1. The molecule has 0 bridgehead atoms. The molecule has 2 heterocycles. The average Bonchev–Trinajstić information content (AvgIpc) is 3.03. The van der Waals surface area contributed by atoms with E-state index in [0.717, 1.165) is 24.1 Å². The summed E-state index contributed by atoms with van der Waals surface area (Å²) in [6, 6.07) is 6.27. The van der Waals surface area contributed by atoms with Gasteiger partial charge in [-0.05, 0) is 56.5 Å². The minimum atomic E-state index is -4.04. The monoisotopic (exact) mass is 390 g/mol. The van der Waals surface area contributed by atoms with Gasteiger partial charge in [0.25, 0.3) is 0 Å². The van der Waals surface area contributed by atoms with Crippen molar-refractivity contribution < 1.29 is 13.2 Å². The molecule has 128 valence electrons. The molecule has 0 saturated carbocycles. The van der Waals surface area contributed by atoms with Gasteiger partial charge in [-0.2, -0.15) is 13.2 Å². The predicted octanol–water partition coefficient (Wildman–Crippen LogP) is 4.82. The van der Waals surface area contributed by atoms with Gasteiger partial charge in [0.05, 0.1) is 5.92 Å². The van der Waals surface area contributed by atoms with E-state index in [9.17, 15) is 13.2 Å². The van der Waals surface area contributed by atoms with Crippen molar-refractivity contribution in [1.29, 1.82) is 0 Å². The Morgan fingerprint density at radius 1 is 1.04 bits per heavy atom. The van der Waals surface area contributed by atoms with Crippen molar-refractivity contribution in [3.63, 3.8) is 0 Å². The van der Waals surface area contributed by atoms with Crippen LogP contribution in [0.3, 0.4) is 0 Å². The lowest BCUT2D eigenvalue weighted by atomic mass is 9.96. The van der Waals surface area contributed by atoms with E-state index < -0.39 is 12.1 Å². The van der Waals surface area contributed by atoms with Crippen LogP contribution in [0.5, 0.6) is 0 Å². The molecule has 0 aromatic heterocycles.